The predicted molar refractivity (Wildman–Crippen MR) is 61.9 cm³/mol. The molecule has 0 aliphatic heterocycles. The van der Waals surface area contributed by atoms with Crippen LogP contribution in [0.3, 0.4) is 0 Å². The molecular weight excluding hydrogens is 218 g/mol. The second kappa shape index (κ2) is 5.25. The van der Waals surface area contributed by atoms with Gasteiger partial charge < -0.3 is 9.84 Å². The number of hydrogen-bond donors (Lipinski definition) is 1. The first-order valence-corrected chi connectivity index (χ1v) is 5.44. The van der Waals surface area contributed by atoms with Gasteiger partial charge in [0, 0.05) is 12.0 Å². The van der Waals surface area contributed by atoms with Crippen LogP contribution in [0, 0.1) is 0 Å². The van der Waals surface area contributed by atoms with Crippen LogP contribution in [0.15, 0.2) is 34.9 Å². The average Bonchev–Trinajstić information content (AvgIpc) is 2.86. The molecule has 88 valence electrons. The van der Waals surface area contributed by atoms with Crippen molar-refractivity contribution in [2.24, 2.45) is 0 Å². The van der Waals surface area contributed by atoms with Gasteiger partial charge in [0.1, 0.15) is 0 Å². The van der Waals surface area contributed by atoms with Gasteiger partial charge in [0.25, 0.3) is 5.89 Å². The summed E-state index contributed by atoms with van der Waals surface area (Å²) in [5.41, 5.74) is 0.869. The quantitative estimate of drug-likeness (QED) is 0.870. The first kappa shape index (κ1) is 11.3. The molecule has 1 amide bonds. The Bertz CT molecular complexity index is 493. The Kier molecular flexibility index (Phi) is 3.49. The molecule has 0 spiro atoms. The molecule has 0 bridgehead atoms. The minimum Gasteiger partial charge on any atom is -0.349 e. The number of carbonyl (C=O) groups is 1. The van der Waals surface area contributed by atoms with Crippen LogP contribution < -0.4 is 5.32 Å². The van der Waals surface area contributed by atoms with E-state index >= 15 is 0 Å². The van der Waals surface area contributed by atoms with E-state index in [0.29, 0.717) is 24.7 Å². The van der Waals surface area contributed by atoms with Crippen LogP contribution >= 0.6 is 0 Å². The van der Waals surface area contributed by atoms with Gasteiger partial charge in [-0.15, -0.1) is 0 Å². The summed E-state index contributed by atoms with van der Waals surface area (Å²) in [5, 5.41) is 6.49. The molecule has 1 N–H and O–H groups in total. The summed E-state index contributed by atoms with van der Waals surface area (Å²) in [5.74, 6) is 0.910. The van der Waals surface area contributed by atoms with Crippen molar-refractivity contribution in [3.63, 3.8) is 0 Å². The summed E-state index contributed by atoms with van der Waals surface area (Å²) >= 11 is 0. The smallest absolute Gasteiger partial charge is 0.257 e. The third kappa shape index (κ3) is 2.90. The summed E-state index contributed by atoms with van der Waals surface area (Å²) in [7, 11) is 0. The van der Waals surface area contributed by atoms with Crippen LogP contribution in [0.2, 0.25) is 0 Å². The van der Waals surface area contributed by atoms with E-state index in [1.165, 1.54) is 0 Å². The first-order valence-electron chi connectivity index (χ1n) is 5.44. The highest BCUT2D eigenvalue weighted by Crippen LogP contribution is 2.15. The van der Waals surface area contributed by atoms with Crippen LogP contribution in [0.25, 0.3) is 11.5 Å². The number of nitrogens with one attached hydrogen (secondary N) is 1. The van der Waals surface area contributed by atoms with Gasteiger partial charge in [-0.1, -0.05) is 30.3 Å². The van der Waals surface area contributed by atoms with Crippen molar-refractivity contribution < 1.29 is 9.32 Å². The third-order valence-corrected chi connectivity index (χ3v) is 2.25. The van der Waals surface area contributed by atoms with Crippen LogP contribution in [-0.4, -0.2) is 16.0 Å². The molecular formula is C12H13N3O2. The second-order valence-electron chi connectivity index (χ2n) is 3.51. The van der Waals surface area contributed by atoms with Gasteiger partial charge >= 0.3 is 0 Å². The molecule has 0 atom stereocenters. The van der Waals surface area contributed by atoms with Crippen molar-refractivity contribution in [3.05, 3.63) is 36.2 Å². The SMILES string of the molecule is CCC(=O)NCc1noc(-c2ccccc2)n1. The van der Waals surface area contributed by atoms with Crippen molar-refractivity contribution in [2.45, 2.75) is 19.9 Å². The summed E-state index contributed by atoms with van der Waals surface area (Å²) in [6.07, 6.45) is 0.448. The van der Waals surface area contributed by atoms with Crippen molar-refractivity contribution in [2.75, 3.05) is 0 Å². The summed E-state index contributed by atoms with van der Waals surface area (Å²) in [6.45, 7) is 2.09. The molecule has 0 saturated carbocycles. The van der Waals surface area contributed by atoms with Gasteiger partial charge in [-0.2, -0.15) is 4.98 Å². The molecule has 5 heteroatoms. The number of aromatic nitrogens is 2. The minimum atomic E-state index is -0.0314. The average molecular weight is 231 g/mol. The maximum absolute atomic E-state index is 11.1. The predicted octanol–water partition coefficient (Wildman–Crippen LogP) is 1.76. The fraction of sp³-hybridized carbons (Fsp3) is 0.250. The zero-order valence-corrected chi connectivity index (χ0v) is 9.51. The number of amides is 1. The molecule has 1 heterocycles. The van der Waals surface area contributed by atoms with Gasteiger partial charge in [-0.3, -0.25) is 4.79 Å². The van der Waals surface area contributed by atoms with E-state index in [0.717, 1.165) is 5.56 Å². The third-order valence-electron chi connectivity index (χ3n) is 2.25. The lowest BCUT2D eigenvalue weighted by Gasteiger charge is -1.97. The van der Waals surface area contributed by atoms with E-state index in [-0.39, 0.29) is 5.91 Å². The Balaban J connectivity index is 2.04. The van der Waals surface area contributed by atoms with Crippen molar-refractivity contribution in [3.8, 4) is 11.5 Å². The Labute approximate surface area is 98.8 Å². The van der Waals surface area contributed by atoms with E-state index in [1.807, 2.05) is 30.3 Å². The Morgan fingerprint density at radius 3 is 2.82 bits per heavy atom. The van der Waals surface area contributed by atoms with E-state index in [4.69, 9.17) is 4.52 Å². The van der Waals surface area contributed by atoms with E-state index in [1.54, 1.807) is 6.92 Å². The lowest BCUT2D eigenvalue weighted by Crippen LogP contribution is -2.21. The minimum absolute atomic E-state index is 0.0314. The van der Waals surface area contributed by atoms with Gasteiger partial charge in [0.05, 0.1) is 6.54 Å². The number of carbonyl (C=O) groups excluding carboxylic acids is 1. The Morgan fingerprint density at radius 1 is 1.35 bits per heavy atom. The highest BCUT2D eigenvalue weighted by molar-refractivity contribution is 5.75. The normalized spacial score (nSPS) is 10.2. The van der Waals surface area contributed by atoms with Crippen LogP contribution in [0.4, 0.5) is 0 Å². The van der Waals surface area contributed by atoms with Crippen molar-refractivity contribution in [1.29, 1.82) is 0 Å². The lowest BCUT2D eigenvalue weighted by atomic mass is 10.2. The summed E-state index contributed by atoms with van der Waals surface area (Å²) in [4.78, 5) is 15.3. The highest BCUT2D eigenvalue weighted by atomic mass is 16.5. The van der Waals surface area contributed by atoms with Crippen LogP contribution in [0.1, 0.15) is 19.2 Å². The highest BCUT2D eigenvalue weighted by Gasteiger charge is 2.08. The summed E-state index contributed by atoms with van der Waals surface area (Å²) in [6, 6.07) is 9.50. The first-order chi connectivity index (χ1) is 8.29. The lowest BCUT2D eigenvalue weighted by molar-refractivity contribution is -0.120. The van der Waals surface area contributed by atoms with Crippen molar-refractivity contribution >= 4 is 5.91 Å². The molecule has 1 aromatic heterocycles. The maximum atomic E-state index is 11.1. The number of hydrogen-bond acceptors (Lipinski definition) is 4. The zero-order valence-electron chi connectivity index (χ0n) is 9.51. The molecule has 2 aromatic rings. The van der Waals surface area contributed by atoms with Gasteiger partial charge in [-0.25, -0.2) is 0 Å². The number of benzene rings is 1. The topological polar surface area (TPSA) is 68.0 Å². The Hall–Kier alpha value is -2.17. The molecule has 0 aliphatic carbocycles. The summed E-state index contributed by atoms with van der Waals surface area (Å²) < 4.78 is 5.10. The van der Waals surface area contributed by atoms with Gasteiger partial charge in [-0.05, 0) is 12.1 Å². The second-order valence-corrected chi connectivity index (χ2v) is 3.51. The Morgan fingerprint density at radius 2 is 2.12 bits per heavy atom. The fourth-order valence-electron chi connectivity index (χ4n) is 1.33. The largest absolute Gasteiger partial charge is 0.349 e. The zero-order chi connectivity index (χ0) is 12.1. The van der Waals surface area contributed by atoms with E-state index in [2.05, 4.69) is 15.5 Å². The molecule has 0 fully saturated rings. The molecule has 0 aliphatic rings. The molecule has 2 rings (SSSR count). The molecule has 0 unspecified atom stereocenters. The maximum Gasteiger partial charge on any atom is 0.257 e. The molecule has 1 aromatic carbocycles. The molecule has 0 saturated heterocycles. The molecule has 17 heavy (non-hydrogen) atoms. The molecule has 0 radical (unpaired) electrons. The monoisotopic (exact) mass is 231 g/mol. The van der Waals surface area contributed by atoms with Crippen LogP contribution in [-0.2, 0) is 11.3 Å². The van der Waals surface area contributed by atoms with E-state index in [9.17, 15) is 4.79 Å². The number of nitrogens with zero attached hydrogens (tertiary/aromatic N) is 2. The van der Waals surface area contributed by atoms with Gasteiger partial charge in [0.15, 0.2) is 5.82 Å². The standard InChI is InChI=1S/C12H13N3O2/c1-2-11(16)13-8-10-14-12(17-15-10)9-6-4-3-5-7-9/h3-7H,2,8H2,1H3,(H,13,16). The molecule has 5 nitrogen and oxygen atoms in total. The van der Waals surface area contributed by atoms with Crippen LogP contribution in [0.5, 0.6) is 0 Å². The van der Waals surface area contributed by atoms with Crippen molar-refractivity contribution in [1.82, 2.24) is 15.5 Å². The van der Waals surface area contributed by atoms with E-state index < -0.39 is 0 Å². The van der Waals surface area contributed by atoms with Gasteiger partial charge in [0.2, 0.25) is 5.91 Å². The number of rotatable bonds is 4. The fourth-order valence-corrected chi connectivity index (χ4v) is 1.33.